The zero-order chi connectivity index (χ0) is 13.4. The lowest BCUT2D eigenvalue weighted by Gasteiger charge is -1.94. The van der Waals surface area contributed by atoms with Crippen LogP contribution in [-0.2, 0) is 0 Å². The molecule has 0 bridgehead atoms. The van der Waals surface area contributed by atoms with E-state index in [2.05, 4.69) is 5.10 Å². The van der Waals surface area contributed by atoms with E-state index >= 15 is 0 Å². The smallest absolute Gasteiger partial charge is 0.251 e. The first-order valence-corrected chi connectivity index (χ1v) is 5.84. The number of carbonyl (C=O) groups excluding carboxylic acids is 1. The Bertz CT molecular complexity index is 759. The number of anilines is 1. The number of benzene rings is 2. The number of nitrogen functional groups attached to an aromatic ring is 1. The first-order valence-electron chi connectivity index (χ1n) is 5.84. The predicted octanol–water partition coefficient (Wildman–Crippen LogP) is 1.13. The first kappa shape index (κ1) is 11.3. The van der Waals surface area contributed by atoms with E-state index < -0.39 is 5.91 Å². The van der Waals surface area contributed by atoms with Crippen molar-refractivity contribution in [3.05, 3.63) is 54.2 Å². The maximum Gasteiger partial charge on any atom is 0.251 e. The molecule has 0 aliphatic rings. The molecule has 0 aliphatic carbocycles. The largest absolute Gasteiger partial charge is 0.399 e. The Morgan fingerprint density at radius 1 is 1.11 bits per heavy atom. The zero-order valence-corrected chi connectivity index (χ0v) is 10.1. The summed E-state index contributed by atoms with van der Waals surface area (Å²) in [4.78, 5) is 11.4. The molecule has 94 valence electrons. The Morgan fingerprint density at radius 2 is 1.84 bits per heavy atom. The van der Waals surface area contributed by atoms with Crippen LogP contribution in [0.4, 0.5) is 5.69 Å². The fourth-order valence-electron chi connectivity index (χ4n) is 2.07. The summed E-state index contributed by atoms with van der Waals surface area (Å²) in [7, 11) is 0. The minimum Gasteiger partial charge on any atom is -0.399 e. The van der Waals surface area contributed by atoms with Crippen LogP contribution in [0.5, 0.6) is 0 Å². The molecule has 1 amide bonds. The van der Waals surface area contributed by atoms with Crippen molar-refractivity contribution in [3.8, 4) is 5.69 Å². The average Bonchev–Trinajstić information content (AvgIpc) is 2.82. The highest BCUT2D eigenvalue weighted by Crippen LogP contribution is 2.15. The lowest BCUT2D eigenvalue weighted by molar-refractivity contribution is -0.653. The highest BCUT2D eigenvalue weighted by molar-refractivity contribution is 6.04. The first-order chi connectivity index (χ1) is 9.15. The van der Waals surface area contributed by atoms with Crippen molar-refractivity contribution in [2.24, 2.45) is 5.73 Å². The number of amides is 1. The van der Waals surface area contributed by atoms with Crippen LogP contribution in [0.3, 0.4) is 0 Å². The number of carbonyl (C=O) groups is 1. The monoisotopic (exact) mass is 253 g/mol. The van der Waals surface area contributed by atoms with Gasteiger partial charge in [-0.05, 0) is 24.3 Å². The molecule has 0 aliphatic heterocycles. The number of aromatic amines is 1. The lowest BCUT2D eigenvalue weighted by atomic mass is 10.1. The van der Waals surface area contributed by atoms with Crippen LogP contribution in [0.1, 0.15) is 10.4 Å². The average molecular weight is 253 g/mol. The van der Waals surface area contributed by atoms with Gasteiger partial charge in [0, 0.05) is 17.8 Å². The Kier molecular flexibility index (Phi) is 2.45. The van der Waals surface area contributed by atoms with Crippen molar-refractivity contribution < 1.29 is 9.48 Å². The molecule has 5 N–H and O–H groups in total. The molecule has 0 spiro atoms. The van der Waals surface area contributed by atoms with Gasteiger partial charge in [0.05, 0.1) is 10.9 Å². The summed E-state index contributed by atoms with van der Waals surface area (Å²) in [5, 5.41) is 4.08. The molecular formula is C14H13N4O+. The molecule has 0 fully saturated rings. The summed E-state index contributed by atoms with van der Waals surface area (Å²) in [5.41, 5.74) is 13.9. The number of rotatable bonds is 2. The van der Waals surface area contributed by atoms with Crippen LogP contribution in [0.2, 0.25) is 0 Å². The third-order valence-electron chi connectivity index (χ3n) is 3.03. The van der Waals surface area contributed by atoms with Gasteiger partial charge in [0.2, 0.25) is 11.9 Å². The molecule has 1 aromatic heterocycles. The van der Waals surface area contributed by atoms with Crippen LogP contribution in [0, 0.1) is 0 Å². The molecule has 5 nitrogen and oxygen atoms in total. The number of hydrogen-bond acceptors (Lipinski definition) is 2. The van der Waals surface area contributed by atoms with Gasteiger partial charge >= 0.3 is 0 Å². The number of fused-ring (bicyclic) bond motifs is 1. The summed E-state index contributed by atoms with van der Waals surface area (Å²) in [6.45, 7) is 0. The summed E-state index contributed by atoms with van der Waals surface area (Å²) in [5.74, 6) is -0.447. The summed E-state index contributed by atoms with van der Waals surface area (Å²) in [6.07, 6.45) is 1.91. The van der Waals surface area contributed by atoms with Crippen LogP contribution in [0.15, 0.2) is 48.7 Å². The third-order valence-corrected chi connectivity index (χ3v) is 3.03. The number of nitrogens with one attached hydrogen (secondary N) is 1. The van der Waals surface area contributed by atoms with Crippen LogP contribution in [0.25, 0.3) is 16.6 Å². The molecule has 3 rings (SSSR count). The second-order valence-corrected chi connectivity index (χ2v) is 4.34. The SMILES string of the molecule is NC(=O)c1cccc2c[n+](-c3ccc(N)cc3)[nH]c12. The van der Waals surface area contributed by atoms with E-state index in [1.807, 2.05) is 47.3 Å². The minimum atomic E-state index is -0.447. The van der Waals surface area contributed by atoms with Crippen molar-refractivity contribution in [3.63, 3.8) is 0 Å². The summed E-state index contributed by atoms with van der Waals surface area (Å²) < 4.78 is 1.83. The van der Waals surface area contributed by atoms with Gasteiger partial charge in [0.1, 0.15) is 5.52 Å². The number of para-hydroxylation sites is 1. The number of H-pyrrole nitrogens is 1. The number of nitrogens with two attached hydrogens (primary N) is 2. The molecule has 5 heteroatoms. The molecule has 19 heavy (non-hydrogen) atoms. The quantitative estimate of drug-likeness (QED) is 0.472. The van der Waals surface area contributed by atoms with Gasteiger partial charge < -0.3 is 11.5 Å². The third kappa shape index (κ3) is 1.91. The van der Waals surface area contributed by atoms with E-state index in [4.69, 9.17) is 11.5 Å². The molecule has 0 saturated carbocycles. The molecule has 0 unspecified atom stereocenters. The molecular weight excluding hydrogens is 240 g/mol. The van der Waals surface area contributed by atoms with Crippen molar-refractivity contribution in [1.29, 1.82) is 0 Å². The Hall–Kier alpha value is -2.82. The van der Waals surface area contributed by atoms with Gasteiger partial charge in [0.25, 0.3) is 5.91 Å². The maximum atomic E-state index is 11.4. The second kappa shape index (κ2) is 4.13. The van der Waals surface area contributed by atoms with Crippen LogP contribution < -0.4 is 16.1 Å². The van der Waals surface area contributed by atoms with E-state index in [1.54, 1.807) is 6.07 Å². The zero-order valence-electron chi connectivity index (χ0n) is 10.1. The van der Waals surface area contributed by atoms with Crippen LogP contribution in [-0.4, -0.2) is 11.0 Å². The summed E-state index contributed by atoms with van der Waals surface area (Å²) >= 11 is 0. The number of aromatic nitrogens is 2. The predicted molar refractivity (Wildman–Crippen MR) is 72.8 cm³/mol. The van der Waals surface area contributed by atoms with Crippen LogP contribution >= 0.6 is 0 Å². The van der Waals surface area contributed by atoms with E-state index in [9.17, 15) is 4.79 Å². The van der Waals surface area contributed by atoms with Gasteiger partial charge in [-0.2, -0.15) is 5.10 Å². The van der Waals surface area contributed by atoms with Crippen molar-refractivity contribution in [2.45, 2.75) is 0 Å². The lowest BCUT2D eigenvalue weighted by Crippen LogP contribution is -2.31. The molecule has 0 atom stereocenters. The molecule has 2 aromatic carbocycles. The van der Waals surface area contributed by atoms with Gasteiger partial charge in [-0.1, -0.05) is 10.7 Å². The number of primary amides is 1. The van der Waals surface area contributed by atoms with E-state index in [1.165, 1.54) is 0 Å². The molecule has 1 heterocycles. The highest BCUT2D eigenvalue weighted by Gasteiger charge is 2.15. The standard InChI is InChI=1S/C14H12N4O/c15-10-4-6-11(7-5-10)18-8-9-2-1-3-12(14(16)19)13(9)17-18/h1-8H,15H2,(H2,16,19)/p+1. The fourth-order valence-corrected chi connectivity index (χ4v) is 2.07. The molecule has 3 aromatic rings. The maximum absolute atomic E-state index is 11.4. The Morgan fingerprint density at radius 3 is 2.53 bits per heavy atom. The van der Waals surface area contributed by atoms with E-state index in [0.29, 0.717) is 11.3 Å². The fraction of sp³-hybridized carbons (Fsp3) is 0. The normalized spacial score (nSPS) is 10.7. The highest BCUT2D eigenvalue weighted by atomic mass is 16.1. The minimum absolute atomic E-state index is 0.447. The van der Waals surface area contributed by atoms with Crippen molar-refractivity contribution >= 4 is 22.5 Å². The number of hydrogen-bond donors (Lipinski definition) is 3. The summed E-state index contributed by atoms with van der Waals surface area (Å²) in [6, 6.07) is 12.9. The molecule has 0 saturated heterocycles. The van der Waals surface area contributed by atoms with E-state index in [0.717, 1.165) is 16.6 Å². The van der Waals surface area contributed by atoms with E-state index in [-0.39, 0.29) is 0 Å². The van der Waals surface area contributed by atoms with Gasteiger partial charge in [-0.3, -0.25) is 4.79 Å². The van der Waals surface area contributed by atoms with Crippen molar-refractivity contribution in [1.82, 2.24) is 5.10 Å². The van der Waals surface area contributed by atoms with Crippen molar-refractivity contribution in [2.75, 3.05) is 5.73 Å². The molecule has 0 radical (unpaired) electrons. The Balaban J connectivity index is 2.19. The Labute approximate surface area is 109 Å². The second-order valence-electron chi connectivity index (χ2n) is 4.34. The topological polar surface area (TPSA) is 88.8 Å². The van der Waals surface area contributed by atoms with Gasteiger partial charge in [0.15, 0.2) is 0 Å². The number of nitrogens with zero attached hydrogens (tertiary/aromatic N) is 1. The van der Waals surface area contributed by atoms with Gasteiger partial charge in [-0.15, -0.1) is 0 Å². The van der Waals surface area contributed by atoms with Gasteiger partial charge in [-0.25, -0.2) is 0 Å².